The molecule has 0 nitrogen and oxygen atoms in total. The van der Waals surface area contributed by atoms with Crippen LogP contribution in [-0.4, -0.2) is 0 Å². The van der Waals surface area contributed by atoms with Crippen LogP contribution in [-0.2, 0) is 5.33 Å². The van der Waals surface area contributed by atoms with Crippen molar-refractivity contribution in [1.29, 1.82) is 0 Å². The molecule has 2 rings (SSSR count). The van der Waals surface area contributed by atoms with Crippen LogP contribution in [0, 0.1) is 6.92 Å². The van der Waals surface area contributed by atoms with Gasteiger partial charge in [-0.15, -0.1) is 0 Å². The van der Waals surface area contributed by atoms with Gasteiger partial charge in [-0.25, -0.2) is 0 Å². The smallest absolute Gasteiger partial charge is 0.0283 e. The normalized spacial score (nSPS) is 10.9. The molecule has 0 radical (unpaired) electrons. The van der Waals surface area contributed by atoms with E-state index in [-0.39, 0.29) is 0 Å². The first-order chi connectivity index (χ1) is 8.28. The molecule has 0 atom stereocenters. The standard InChI is InChI=1S/C16H15Br/c1-13-2-4-14(5-3-13)6-7-15-8-10-16(12-17)11-9-15/h2-11H,12H2,1H3/b7-6+. The second-order valence-electron chi connectivity index (χ2n) is 4.12. The van der Waals surface area contributed by atoms with E-state index >= 15 is 0 Å². The first-order valence-corrected chi connectivity index (χ1v) is 6.80. The Kier molecular flexibility index (Phi) is 4.16. The number of hydrogen-bond acceptors (Lipinski definition) is 0. The third kappa shape index (κ3) is 3.57. The van der Waals surface area contributed by atoms with E-state index in [1.54, 1.807) is 0 Å². The number of hydrogen-bond donors (Lipinski definition) is 0. The maximum Gasteiger partial charge on any atom is 0.0283 e. The van der Waals surface area contributed by atoms with Gasteiger partial charge in [-0.1, -0.05) is 82.2 Å². The van der Waals surface area contributed by atoms with Gasteiger partial charge in [0.05, 0.1) is 0 Å². The van der Waals surface area contributed by atoms with Crippen LogP contribution < -0.4 is 0 Å². The molecule has 0 unspecified atom stereocenters. The zero-order chi connectivity index (χ0) is 12.1. The van der Waals surface area contributed by atoms with Crippen molar-refractivity contribution < 1.29 is 0 Å². The lowest BCUT2D eigenvalue weighted by atomic mass is 10.1. The Hall–Kier alpha value is -1.34. The van der Waals surface area contributed by atoms with E-state index in [9.17, 15) is 0 Å². The molecule has 0 aliphatic carbocycles. The average molecular weight is 287 g/mol. The van der Waals surface area contributed by atoms with Crippen molar-refractivity contribution in [2.24, 2.45) is 0 Å². The molecule has 0 spiro atoms. The Morgan fingerprint density at radius 1 is 0.824 bits per heavy atom. The van der Waals surface area contributed by atoms with Crippen molar-refractivity contribution in [2.45, 2.75) is 12.3 Å². The summed E-state index contributed by atoms with van der Waals surface area (Å²) in [6.07, 6.45) is 4.28. The van der Waals surface area contributed by atoms with Crippen LogP contribution in [0.4, 0.5) is 0 Å². The van der Waals surface area contributed by atoms with Crippen molar-refractivity contribution >= 4 is 28.1 Å². The van der Waals surface area contributed by atoms with Crippen LogP contribution in [0.3, 0.4) is 0 Å². The number of benzene rings is 2. The number of rotatable bonds is 3. The molecule has 1 heteroatoms. The molecule has 0 aliphatic heterocycles. The highest BCUT2D eigenvalue weighted by Gasteiger charge is 1.90. The minimum absolute atomic E-state index is 0.912. The summed E-state index contributed by atoms with van der Waals surface area (Å²) in [6, 6.07) is 17.1. The fraction of sp³-hybridized carbons (Fsp3) is 0.125. The lowest BCUT2D eigenvalue weighted by Gasteiger charge is -1.97. The maximum absolute atomic E-state index is 3.45. The van der Waals surface area contributed by atoms with E-state index < -0.39 is 0 Å². The molecule has 0 aromatic heterocycles. The fourth-order valence-corrected chi connectivity index (χ4v) is 1.96. The Morgan fingerprint density at radius 3 is 1.76 bits per heavy atom. The molecule has 0 N–H and O–H groups in total. The van der Waals surface area contributed by atoms with Crippen molar-refractivity contribution in [3.8, 4) is 0 Å². The first-order valence-electron chi connectivity index (χ1n) is 5.67. The number of alkyl halides is 1. The predicted molar refractivity (Wildman–Crippen MR) is 79.2 cm³/mol. The summed E-state index contributed by atoms with van der Waals surface area (Å²) in [4.78, 5) is 0. The van der Waals surface area contributed by atoms with Gasteiger partial charge in [0.15, 0.2) is 0 Å². The van der Waals surface area contributed by atoms with Gasteiger partial charge in [0.1, 0.15) is 0 Å². The summed E-state index contributed by atoms with van der Waals surface area (Å²) >= 11 is 3.45. The highest BCUT2D eigenvalue weighted by molar-refractivity contribution is 9.08. The molecule has 0 saturated heterocycles. The monoisotopic (exact) mass is 286 g/mol. The maximum atomic E-state index is 3.45. The largest absolute Gasteiger partial charge is 0.0876 e. The topological polar surface area (TPSA) is 0 Å². The third-order valence-electron chi connectivity index (χ3n) is 2.68. The van der Waals surface area contributed by atoms with Crippen LogP contribution in [0.15, 0.2) is 48.5 Å². The molecule has 0 amide bonds. The quantitative estimate of drug-likeness (QED) is 0.546. The van der Waals surface area contributed by atoms with E-state index in [0.29, 0.717) is 0 Å². The SMILES string of the molecule is Cc1ccc(/C=C/c2ccc(CBr)cc2)cc1. The molecule has 2 aromatic carbocycles. The molecular formula is C16H15Br. The average Bonchev–Trinajstić information content (AvgIpc) is 2.39. The van der Waals surface area contributed by atoms with E-state index in [1.165, 1.54) is 22.3 Å². The van der Waals surface area contributed by atoms with E-state index in [1.807, 2.05) is 0 Å². The minimum atomic E-state index is 0.912. The Bertz CT molecular complexity index is 492. The second-order valence-corrected chi connectivity index (χ2v) is 4.68. The molecular weight excluding hydrogens is 272 g/mol. The third-order valence-corrected chi connectivity index (χ3v) is 3.33. The van der Waals surface area contributed by atoms with Gasteiger partial charge < -0.3 is 0 Å². The molecule has 86 valence electrons. The predicted octanol–water partition coefficient (Wildman–Crippen LogP) is 5.06. The van der Waals surface area contributed by atoms with Gasteiger partial charge in [-0.2, -0.15) is 0 Å². The zero-order valence-corrected chi connectivity index (χ0v) is 11.4. The highest BCUT2D eigenvalue weighted by atomic mass is 79.9. The van der Waals surface area contributed by atoms with Gasteiger partial charge in [-0.05, 0) is 23.6 Å². The van der Waals surface area contributed by atoms with Crippen molar-refractivity contribution in [3.63, 3.8) is 0 Å². The lowest BCUT2D eigenvalue weighted by molar-refractivity contribution is 1.43. The second kappa shape index (κ2) is 5.83. The van der Waals surface area contributed by atoms with Gasteiger partial charge >= 0.3 is 0 Å². The van der Waals surface area contributed by atoms with Crippen LogP contribution >= 0.6 is 15.9 Å². The first kappa shape index (κ1) is 12.1. The Balaban J connectivity index is 2.11. The van der Waals surface area contributed by atoms with Gasteiger partial charge in [0.2, 0.25) is 0 Å². The molecule has 0 aliphatic rings. The van der Waals surface area contributed by atoms with Crippen LogP contribution in [0.25, 0.3) is 12.2 Å². The Labute approximate surface area is 111 Å². The van der Waals surface area contributed by atoms with Crippen LogP contribution in [0.5, 0.6) is 0 Å². The summed E-state index contributed by atoms with van der Waals surface area (Å²) in [6.45, 7) is 2.10. The molecule has 0 saturated carbocycles. The number of aryl methyl sites for hydroxylation is 1. The van der Waals surface area contributed by atoms with Gasteiger partial charge in [-0.3, -0.25) is 0 Å². The van der Waals surface area contributed by atoms with Gasteiger partial charge in [0.25, 0.3) is 0 Å². The lowest BCUT2D eigenvalue weighted by Crippen LogP contribution is -1.77. The summed E-state index contributed by atoms with van der Waals surface area (Å²) in [5.74, 6) is 0. The van der Waals surface area contributed by atoms with Gasteiger partial charge in [0, 0.05) is 5.33 Å². The highest BCUT2D eigenvalue weighted by Crippen LogP contribution is 2.12. The molecule has 2 aromatic rings. The van der Waals surface area contributed by atoms with Crippen LogP contribution in [0.2, 0.25) is 0 Å². The van der Waals surface area contributed by atoms with E-state index in [2.05, 4.69) is 83.5 Å². The summed E-state index contributed by atoms with van der Waals surface area (Å²) < 4.78 is 0. The summed E-state index contributed by atoms with van der Waals surface area (Å²) in [5.41, 5.74) is 5.07. The van der Waals surface area contributed by atoms with E-state index in [0.717, 1.165) is 5.33 Å². The molecule has 0 heterocycles. The molecule has 0 bridgehead atoms. The summed E-state index contributed by atoms with van der Waals surface area (Å²) in [5, 5.41) is 0.912. The van der Waals surface area contributed by atoms with E-state index in [4.69, 9.17) is 0 Å². The minimum Gasteiger partial charge on any atom is -0.0876 e. The zero-order valence-electron chi connectivity index (χ0n) is 9.86. The fourth-order valence-electron chi connectivity index (χ4n) is 1.59. The van der Waals surface area contributed by atoms with Crippen molar-refractivity contribution in [3.05, 3.63) is 70.8 Å². The van der Waals surface area contributed by atoms with Crippen molar-refractivity contribution in [1.82, 2.24) is 0 Å². The van der Waals surface area contributed by atoms with Crippen molar-refractivity contribution in [2.75, 3.05) is 0 Å². The molecule has 0 fully saturated rings. The van der Waals surface area contributed by atoms with Crippen LogP contribution in [0.1, 0.15) is 22.3 Å². The molecule has 17 heavy (non-hydrogen) atoms. The number of halogens is 1. The summed E-state index contributed by atoms with van der Waals surface area (Å²) in [7, 11) is 0. The Morgan fingerprint density at radius 2 is 1.29 bits per heavy atom.